The van der Waals surface area contributed by atoms with Crippen molar-refractivity contribution in [3.8, 4) is 0 Å². The Labute approximate surface area is 181 Å². The van der Waals surface area contributed by atoms with Gasteiger partial charge in [-0.3, -0.25) is 14.4 Å². The summed E-state index contributed by atoms with van der Waals surface area (Å²) >= 11 is 0. The van der Waals surface area contributed by atoms with Crippen LogP contribution in [-0.2, 0) is 16.0 Å². The van der Waals surface area contributed by atoms with Gasteiger partial charge in [0.1, 0.15) is 6.61 Å². The summed E-state index contributed by atoms with van der Waals surface area (Å²) in [7, 11) is 0. The van der Waals surface area contributed by atoms with E-state index in [-0.39, 0.29) is 49.9 Å². The van der Waals surface area contributed by atoms with E-state index in [0.29, 0.717) is 35.4 Å². The first-order valence-electron chi connectivity index (χ1n) is 10.3. The molecule has 1 aromatic carbocycles. The molecule has 0 aromatic heterocycles. The van der Waals surface area contributed by atoms with Crippen molar-refractivity contribution in [3.63, 3.8) is 0 Å². The van der Waals surface area contributed by atoms with E-state index in [4.69, 9.17) is 14.9 Å². The molecule has 0 spiro atoms. The van der Waals surface area contributed by atoms with E-state index >= 15 is 0 Å². The lowest BCUT2D eigenvalue weighted by atomic mass is 9.87. The van der Waals surface area contributed by atoms with Crippen LogP contribution in [0.5, 0.6) is 0 Å². The molecule has 31 heavy (non-hydrogen) atoms. The van der Waals surface area contributed by atoms with Crippen molar-refractivity contribution in [3.05, 3.63) is 27.8 Å². The molecular formula is C21H31N3O7. The molecule has 2 rings (SSSR count). The monoisotopic (exact) mass is 437 g/mol. The summed E-state index contributed by atoms with van der Waals surface area (Å²) in [6, 6.07) is 0. The summed E-state index contributed by atoms with van der Waals surface area (Å²) in [6.45, 7) is 4.91. The Kier molecular flexibility index (Phi) is 8.93. The fraction of sp³-hybridized carbons (Fsp3) is 0.571. The third-order valence-electron chi connectivity index (χ3n) is 5.24. The lowest BCUT2D eigenvalue weighted by Crippen LogP contribution is -2.43. The third kappa shape index (κ3) is 5.40. The molecule has 1 aliphatic rings. The molecule has 3 amide bonds. The third-order valence-corrected chi connectivity index (χ3v) is 5.24. The standard InChI is InChI=1S/C21H31N3O7/c1-4-15-18(21(30)23-9-14(27)10-26)12(2)17(20(29)22-5-7-25)13(3)19(15)24-6-8-31-11-16(24)28/h14,25-27H,4-11H2,1-3H3,(H,22,29)(H,23,30). The molecule has 0 saturated carbocycles. The predicted molar refractivity (Wildman–Crippen MR) is 113 cm³/mol. The number of aliphatic hydroxyl groups is 3. The number of hydrogen-bond acceptors (Lipinski definition) is 7. The van der Waals surface area contributed by atoms with Gasteiger partial charge in [-0.1, -0.05) is 6.92 Å². The number of benzene rings is 1. The van der Waals surface area contributed by atoms with Gasteiger partial charge in [-0.2, -0.15) is 0 Å². The van der Waals surface area contributed by atoms with Gasteiger partial charge in [0.05, 0.1) is 31.6 Å². The molecule has 5 N–H and O–H groups in total. The molecule has 10 nitrogen and oxygen atoms in total. The maximum atomic E-state index is 13.1. The number of morpholine rings is 1. The first kappa shape index (κ1) is 24.7. The molecule has 0 radical (unpaired) electrons. The first-order valence-corrected chi connectivity index (χ1v) is 10.3. The van der Waals surface area contributed by atoms with E-state index in [9.17, 15) is 19.5 Å². The largest absolute Gasteiger partial charge is 0.395 e. The molecule has 10 heteroatoms. The minimum absolute atomic E-state index is 0.0449. The molecule has 1 aromatic rings. The maximum Gasteiger partial charge on any atom is 0.253 e. The van der Waals surface area contributed by atoms with E-state index < -0.39 is 24.5 Å². The zero-order valence-corrected chi connectivity index (χ0v) is 18.2. The van der Waals surface area contributed by atoms with Gasteiger partial charge in [-0.25, -0.2) is 0 Å². The fourth-order valence-corrected chi connectivity index (χ4v) is 3.83. The Morgan fingerprint density at radius 2 is 1.81 bits per heavy atom. The molecule has 0 aliphatic carbocycles. The highest BCUT2D eigenvalue weighted by Crippen LogP contribution is 2.35. The van der Waals surface area contributed by atoms with Gasteiger partial charge in [-0.05, 0) is 37.0 Å². The number of ether oxygens (including phenoxy) is 1. The lowest BCUT2D eigenvalue weighted by Gasteiger charge is -2.32. The SMILES string of the molecule is CCc1c(C(=O)NCC(O)CO)c(C)c(C(=O)NCCO)c(C)c1N1CCOCC1=O. The number of aliphatic hydroxyl groups excluding tert-OH is 3. The Balaban J connectivity index is 2.69. The predicted octanol–water partition coefficient (Wildman–Crippen LogP) is -0.966. The van der Waals surface area contributed by atoms with E-state index in [2.05, 4.69) is 10.6 Å². The number of hydrogen-bond donors (Lipinski definition) is 5. The number of anilines is 1. The summed E-state index contributed by atoms with van der Waals surface area (Å²) in [6.07, 6.45) is -0.696. The van der Waals surface area contributed by atoms with Crippen LogP contribution in [0.15, 0.2) is 0 Å². The smallest absolute Gasteiger partial charge is 0.253 e. The molecule has 172 valence electrons. The Morgan fingerprint density at radius 3 is 2.39 bits per heavy atom. The van der Waals surface area contributed by atoms with Crippen LogP contribution in [0.25, 0.3) is 0 Å². The number of carbonyl (C=O) groups excluding carboxylic acids is 3. The zero-order chi connectivity index (χ0) is 23.1. The van der Waals surface area contributed by atoms with E-state index in [1.807, 2.05) is 6.92 Å². The van der Waals surface area contributed by atoms with Gasteiger partial charge in [0, 0.05) is 30.8 Å². The van der Waals surface area contributed by atoms with Crippen molar-refractivity contribution in [1.82, 2.24) is 10.6 Å². The first-order chi connectivity index (χ1) is 14.8. The molecule has 1 fully saturated rings. The van der Waals surface area contributed by atoms with Crippen molar-refractivity contribution in [2.24, 2.45) is 0 Å². The highest BCUT2D eigenvalue weighted by Gasteiger charge is 2.31. The average Bonchev–Trinajstić information content (AvgIpc) is 2.76. The van der Waals surface area contributed by atoms with Crippen molar-refractivity contribution in [1.29, 1.82) is 0 Å². The fourth-order valence-electron chi connectivity index (χ4n) is 3.83. The summed E-state index contributed by atoms with van der Waals surface area (Å²) in [4.78, 5) is 40.1. The summed E-state index contributed by atoms with van der Waals surface area (Å²) < 4.78 is 5.23. The van der Waals surface area contributed by atoms with E-state index in [1.165, 1.54) is 0 Å². The Hall–Kier alpha value is -2.53. The van der Waals surface area contributed by atoms with Crippen molar-refractivity contribution < 1.29 is 34.4 Å². The normalized spacial score (nSPS) is 15.0. The summed E-state index contributed by atoms with van der Waals surface area (Å²) in [5, 5.41) is 32.9. The van der Waals surface area contributed by atoms with E-state index in [1.54, 1.807) is 18.7 Å². The number of nitrogens with one attached hydrogen (secondary N) is 2. The zero-order valence-electron chi connectivity index (χ0n) is 18.2. The van der Waals surface area contributed by atoms with Gasteiger partial charge < -0.3 is 35.6 Å². The topological polar surface area (TPSA) is 148 Å². The summed E-state index contributed by atoms with van der Waals surface area (Å²) in [5.74, 6) is -1.24. The molecule has 1 saturated heterocycles. The highest BCUT2D eigenvalue weighted by molar-refractivity contribution is 6.08. The van der Waals surface area contributed by atoms with Gasteiger partial charge in [-0.15, -0.1) is 0 Å². The molecule has 0 bridgehead atoms. The van der Waals surface area contributed by atoms with Gasteiger partial charge in [0.25, 0.3) is 17.7 Å². The van der Waals surface area contributed by atoms with Gasteiger partial charge >= 0.3 is 0 Å². The molecule has 1 unspecified atom stereocenters. The second-order valence-electron chi connectivity index (χ2n) is 7.30. The second-order valence-corrected chi connectivity index (χ2v) is 7.30. The summed E-state index contributed by atoms with van der Waals surface area (Å²) in [5.41, 5.74) is 2.62. The Morgan fingerprint density at radius 1 is 1.13 bits per heavy atom. The lowest BCUT2D eigenvalue weighted by molar-refractivity contribution is -0.125. The van der Waals surface area contributed by atoms with Crippen LogP contribution in [0.4, 0.5) is 5.69 Å². The number of amides is 3. The van der Waals surface area contributed by atoms with Crippen molar-refractivity contribution >= 4 is 23.4 Å². The van der Waals surface area contributed by atoms with Crippen LogP contribution in [0.3, 0.4) is 0 Å². The molecular weight excluding hydrogens is 406 g/mol. The van der Waals surface area contributed by atoms with Crippen LogP contribution in [0.2, 0.25) is 0 Å². The van der Waals surface area contributed by atoms with Crippen LogP contribution in [-0.4, -0.2) is 85.2 Å². The second kappa shape index (κ2) is 11.2. The quantitative estimate of drug-likeness (QED) is 0.334. The minimum Gasteiger partial charge on any atom is -0.395 e. The highest BCUT2D eigenvalue weighted by atomic mass is 16.5. The molecule has 1 atom stereocenters. The van der Waals surface area contributed by atoms with Crippen LogP contribution in [0, 0.1) is 13.8 Å². The molecule has 1 aliphatic heterocycles. The number of rotatable bonds is 9. The minimum atomic E-state index is -1.12. The van der Waals surface area contributed by atoms with Crippen LogP contribution >= 0.6 is 0 Å². The molecule has 1 heterocycles. The van der Waals surface area contributed by atoms with Crippen molar-refractivity contribution in [2.75, 3.05) is 51.0 Å². The average molecular weight is 437 g/mol. The Bertz CT molecular complexity index is 841. The maximum absolute atomic E-state index is 13.1. The van der Waals surface area contributed by atoms with Crippen LogP contribution < -0.4 is 15.5 Å². The number of carbonyl (C=O) groups is 3. The van der Waals surface area contributed by atoms with Gasteiger partial charge in [0.15, 0.2) is 0 Å². The van der Waals surface area contributed by atoms with Gasteiger partial charge in [0.2, 0.25) is 0 Å². The number of nitrogens with zero attached hydrogens (tertiary/aromatic N) is 1. The van der Waals surface area contributed by atoms with E-state index in [0.717, 1.165) is 0 Å². The van der Waals surface area contributed by atoms with Crippen molar-refractivity contribution in [2.45, 2.75) is 33.3 Å². The van der Waals surface area contributed by atoms with Crippen LogP contribution in [0.1, 0.15) is 44.3 Å².